The number of carbonyl (C=O) groups is 2. The number of likely N-dealkylation sites (tertiary alicyclic amines) is 1. The third-order valence-electron chi connectivity index (χ3n) is 2.64. The molecule has 0 aromatic heterocycles. The van der Waals surface area contributed by atoms with E-state index in [0.29, 0.717) is 6.54 Å². The van der Waals surface area contributed by atoms with E-state index in [0.717, 1.165) is 5.57 Å². The molecule has 6 nitrogen and oxygen atoms in total. The topological polar surface area (TPSA) is 81.1 Å². The Morgan fingerprint density at radius 3 is 2.59 bits per heavy atom. The number of aliphatic carboxylic acids is 1. The van der Waals surface area contributed by atoms with Crippen molar-refractivity contribution in [3.8, 4) is 0 Å². The first-order valence-corrected chi connectivity index (χ1v) is 5.40. The number of carboxylic acid groups (broad SMARTS) is 1. The normalized spacial score (nSPS) is 23.6. The molecular weight excluding hydrogens is 224 g/mol. The molecule has 1 heterocycles. The number of β-amino-alcohol motifs (C(OH)–C–C–N with tert-alkyl or cyclic N) is 1. The molecule has 1 fully saturated rings. The summed E-state index contributed by atoms with van der Waals surface area (Å²) >= 11 is 0. The molecule has 0 saturated carbocycles. The van der Waals surface area contributed by atoms with E-state index in [2.05, 4.69) is 6.58 Å². The van der Waals surface area contributed by atoms with Crippen molar-refractivity contribution in [1.82, 2.24) is 9.80 Å². The maximum absolute atomic E-state index is 12.0. The maximum atomic E-state index is 12.0. The highest BCUT2D eigenvalue weighted by molar-refractivity contribution is 5.83. The Labute approximate surface area is 100 Å². The van der Waals surface area contributed by atoms with E-state index in [4.69, 9.17) is 5.11 Å². The van der Waals surface area contributed by atoms with Crippen LogP contribution in [0.2, 0.25) is 0 Å². The van der Waals surface area contributed by atoms with Gasteiger partial charge in [0.05, 0.1) is 6.10 Å². The number of aliphatic hydroxyl groups is 1. The van der Waals surface area contributed by atoms with Crippen LogP contribution < -0.4 is 0 Å². The molecule has 0 aromatic carbocycles. The van der Waals surface area contributed by atoms with Crippen molar-refractivity contribution in [3.63, 3.8) is 0 Å². The molecular formula is C11H18N2O4. The molecule has 0 unspecified atom stereocenters. The minimum Gasteiger partial charge on any atom is -0.480 e. The lowest BCUT2D eigenvalue weighted by Crippen LogP contribution is -2.47. The Balaban J connectivity index is 2.73. The minimum atomic E-state index is -1.08. The molecule has 0 radical (unpaired) electrons. The lowest BCUT2D eigenvalue weighted by molar-refractivity contribution is -0.141. The van der Waals surface area contributed by atoms with E-state index in [1.807, 2.05) is 0 Å². The quantitative estimate of drug-likeness (QED) is 0.689. The highest BCUT2D eigenvalue weighted by Gasteiger charge is 2.39. The number of hydrogen-bond donors (Lipinski definition) is 2. The SMILES string of the molecule is C=C(C)CN(C)C(=O)N1C[C@H](O)C[C@H]1C(=O)O. The smallest absolute Gasteiger partial charge is 0.326 e. The summed E-state index contributed by atoms with van der Waals surface area (Å²) in [4.78, 5) is 25.5. The monoisotopic (exact) mass is 242 g/mol. The number of nitrogens with zero attached hydrogens (tertiary/aromatic N) is 2. The fourth-order valence-electron chi connectivity index (χ4n) is 1.95. The van der Waals surface area contributed by atoms with Crippen molar-refractivity contribution < 1.29 is 19.8 Å². The zero-order valence-electron chi connectivity index (χ0n) is 10.1. The molecule has 0 aromatic rings. The second-order valence-corrected chi connectivity index (χ2v) is 4.49. The summed E-state index contributed by atoms with van der Waals surface area (Å²) in [6.45, 7) is 5.92. The number of aliphatic hydroxyl groups excluding tert-OH is 1. The number of carbonyl (C=O) groups excluding carboxylic acids is 1. The third-order valence-corrected chi connectivity index (χ3v) is 2.64. The predicted octanol–water partition coefficient (Wildman–Crippen LogP) is 0.134. The van der Waals surface area contributed by atoms with E-state index in [-0.39, 0.29) is 13.0 Å². The molecule has 1 aliphatic heterocycles. The summed E-state index contributed by atoms with van der Waals surface area (Å²) in [6, 6.07) is -1.33. The molecule has 2 amide bonds. The standard InChI is InChI=1S/C11H18N2O4/c1-7(2)5-12(3)11(17)13-6-8(14)4-9(13)10(15)16/h8-9,14H,1,4-6H2,2-3H3,(H,15,16)/t8-,9+/m1/s1. The number of carboxylic acids is 1. The van der Waals surface area contributed by atoms with Gasteiger partial charge in [0.15, 0.2) is 0 Å². The number of hydrogen-bond acceptors (Lipinski definition) is 3. The summed E-state index contributed by atoms with van der Waals surface area (Å²) < 4.78 is 0. The predicted molar refractivity (Wildman–Crippen MR) is 61.6 cm³/mol. The van der Waals surface area contributed by atoms with Gasteiger partial charge in [0, 0.05) is 26.6 Å². The number of likely N-dealkylation sites (N-methyl/N-ethyl adjacent to an activating group) is 1. The van der Waals surface area contributed by atoms with E-state index < -0.39 is 24.1 Å². The first-order valence-electron chi connectivity index (χ1n) is 5.40. The zero-order chi connectivity index (χ0) is 13.2. The third kappa shape index (κ3) is 3.20. The Morgan fingerprint density at radius 1 is 1.53 bits per heavy atom. The molecule has 2 N–H and O–H groups in total. The molecule has 96 valence electrons. The van der Waals surface area contributed by atoms with Crippen molar-refractivity contribution >= 4 is 12.0 Å². The maximum Gasteiger partial charge on any atom is 0.326 e. The largest absolute Gasteiger partial charge is 0.480 e. The van der Waals surface area contributed by atoms with Gasteiger partial charge in [0.1, 0.15) is 6.04 Å². The number of rotatable bonds is 3. The van der Waals surface area contributed by atoms with Gasteiger partial charge in [-0.1, -0.05) is 12.2 Å². The average molecular weight is 242 g/mol. The van der Waals surface area contributed by atoms with E-state index >= 15 is 0 Å². The summed E-state index contributed by atoms with van der Waals surface area (Å²) in [5.74, 6) is -1.08. The van der Waals surface area contributed by atoms with Crippen molar-refractivity contribution in [2.45, 2.75) is 25.5 Å². The average Bonchev–Trinajstić information content (AvgIpc) is 2.58. The molecule has 1 aliphatic rings. The van der Waals surface area contributed by atoms with Crippen molar-refractivity contribution in [2.24, 2.45) is 0 Å². The van der Waals surface area contributed by atoms with Crippen LogP contribution in [0.5, 0.6) is 0 Å². The van der Waals surface area contributed by atoms with Crippen LogP contribution in [0.15, 0.2) is 12.2 Å². The van der Waals surface area contributed by atoms with Crippen LogP contribution in [-0.4, -0.2) is 64.3 Å². The Hall–Kier alpha value is -1.56. The highest BCUT2D eigenvalue weighted by Crippen LogP contribution is 2.19. The van der Waals surface area contributed by atoms with Gasteiger partial charge in [-0.25, -0.2) is 9.59 Å². The van der Waals surface area contributed by atoms with Gasteiger partial charge in [0.2, 0.25) is 0 Å². The fraction of sp³-hybridized carbons (Fsp3) is 0.636. The van der Waals surface area contributed by atoms with Crippen LogP contribution in [0.3, 0.4) is 0 Å². The molecule has 1 rings (SSSR count). The molecule has 0 bridgehead atoms. The first-order chi connectivity index (χ1) is 7.82. The van der Waals surface area contributed by atoms with Crippen molar-refractivity contribution in [2.75, 3.05) is 20.1 Å². The lowest BCUT2D eigenvalue weighted by Gasteiger charge is -2.27. The Kier molecular flexibility index (Phi) is 4.11. The van der Waals surface area contributed by atoms with Crippen LogP contribution in [0.1, 0.15) is 13.3 Å². The van der Waals surface area contributed by atoms with Gasteiger partial charge in [-0.2, -0.15) is 0 Å². The van der Waals surface area contributed by atoms with E-state index in [1.54, 1.807) is 14.0 Å². The van der Waals surface area contributed by atoms with Gasteiger partial charge in [-0.05, 0) is 6.92 Å². The van der Waals surface area contributed by atoms with Gasteiger partial charge >= 0.3 is 12.0 Å². The van der Waals surface area contributed by atoms with Crippen LogP contribution >= 0.6 is 0 Å². The van der Waals surface area contributed by atoms with E-state index in [1.165, 1.54) is 9.80 Å². The molecule has 6 heteroatoms. The first kappa shape index (κ1) is 13.5. The number of urea groups is 1. The molecule has 0 spiro atoms. The van der Waals surface area contributed by atoms with Crippen LogP contribution in [-0.2, 0) is 4.79 Å². The summed E-state index contributed by atoms with van der Waals surface area (Å²) in [7, 11) is 1.58. The molecule has 1 saturated heterocycles. The van der Waals surface area contributed by atoms with Crippen LogP contribution in [0.4, 0.5) is 4.79 Å². The van der Waals surface area contributed by atoms with Crippen molar-refractivity contribution in [1.29, 1.82) is 0 Å². The van der Waals surface area contributed by atoms with Gasteiger partial charge in [-0.15, -0.1) is 0 Å². The molecule has 17 heavy (non-hydrogen) atoms. The van der Waals surface area contributed by atoms with Gasteiger partial charge in [-0.3, -0.25) is 0 Å². The molecule has 2 atom stereocenters. The summed E-state index contributed by atoms with van der Waals surface area (Å²) in [5, 5.41) is 18.4. The Morgan fingerprint density at radius 2 is 2.12 bits per heavy atom. The lowest BCUT2D eigenvalue weighted by atomic mass is 10.2. The number of amides is 2. The zero-order valence-corrected chi connectivity index (χ0v) is 10.1. The second-order valence-electron chi connectivity index (χ2n) is 4.49. The van der Waals surface area contributed by atoms with Gasteiger partial charge < -0.3 is 20.0 Å². The van der Waals surface area contributed by atoms with Gasteiger partial charge in [0.25, 0.3) is 0 Å². The van der Waals surface area contributed by atoms with Crippen LogP contribution in [0, 0.1) is 0 Å². The fourth-order valence-corrected chi connectivity index (χ4v) is 1.95. The van der Waals surface area contributed by atoms with Crippen LogP contribution in [0.25, 0.3) is 0 Å². The van der Waals surface area contributed by atoms with Crippen molar-refractivity contribution in [3.05, 3.63) is 12.2 Å². The summed E-state index contributed by atoms with van der Waals surface area (Å²) in [6.07, 6.45) is -0.680. The van der Waals surface area contributed by atoms with E-state index in [9.17, 15) is 14.7 Å². The Bertz CT molecular complexity index is 342. The molecule has 0 aliphatic carbocycles. The summed E-state index contributed by atoms with van der Waals surface area (Å²) in [5.41, 5.74) is 0.812. The highest BCUT2D eigenvalue weighted by atomic mass is 16.4. The second kappa shape index (κ2) is 5.18. The minimum absolute atomic E-state index is 0.0658.